The highest BCUT2D eigenvalue weighted by Gasteiger charge is 2.26. The molecule has 0 saturated heterocycles. The van der Waals surface area contributed by atoms with Gasteiger partial charge in [-0.2, -0.15) is 0 Å². The molecule has 0 N–H and O–H groups in total. The molecule has 0 radical (unpaired) electrons. The van der Waals surface area contributed by atoms with Gasteiger partial charge in [0.2, 0.25) is 0 Å². The first kappa shape index (κ1) is 37.2. The zero-order valence-electron chi connectivity index (χ0n) is 28.0. The van der Waals surface area contributed by atoms with Gasteiger partial charge in [0.05, 0.1) is 19.6 Å². The van der Waals surface area contributed by atoms with E-state index in [1.807, 2.05) is 0 Å². The van der Waals surface area contributed by atoms with Crippen LogP contribution in [0.25, 0.3) is 0 Å². The number of unbranched alkanes of at least 4 members (excludes halogenated alkanes) is 23. The van der Waals surface area contributed by atoms with Crippen molar-refractivity contribution in [1.29, 1.82) is 0 Å². The van der Waals surface area contributed by atoms with Crippen molar-refractivity contribution < 1.29 is 4.48 Å². The maximum atomic E-state index is 2.40. The zero-order chi connectivity index (χ0) is 28.8. The van der Waals surface area contributed by atoms with Gasteiger partial charge < -0.3 is 4.48 Å². The van der Waals surface area contributed by atoms with Crippen LogP contribution >= 0.6 is 0 Å². The number of rotatable bonds is 31. The summed E-state index contributed by atoms with van der Waals surface area (Å²) in [6, 6.07) is 11.5. The topological polar surface area (TPSA) is 0 Å². The van der Waals surface area contributed by atoms with Gasteiger partial charge in [0.1, 0.15) is 6.54 Å². The van der Waals surface area contributed by atoms with Gasteiger partial charge in [-0.3, -0.25) is 0 Å². The first-order chi connectivity index (χ1) is 19.8. The van der Waals surface area contributed by atoms with Crippen LogP contribution in [0.2, 0.25) is 0 Å². The Kier molecular flexibility index (Phi) is 26.3. The van der Waals surface area contributed by atoms with E-state index in [1.54, 1.807) is 5.56 Å². The van der Waals surface area contributed by atoms with Crippen molar-refractivity contribution in [3.05, 3.63) is 35.9 Å². The summed E-state index contributed by atoms with van der Waals surface area (Å²) in [6.45, 7) is 12.4. The van der Waals surface area contributed by atoms with Gasteiger partial charge in [0.15, 0.2) is 0 Å². The zero-order valence-corrected chi connectivity index (χ0v) is 28.0. The Morgan fingerprint density at radius 2 is 0.625 bits per heavy atom. The van der Waals surface area contributed by atoms with E-state index in [-0.39, 0.29) is 0 Å². The smallest absolute Gasteiger partial charge is 0.104 e. The van der Waals surface area contributed by atoms with Crippen molar-refractivity contribution in [3.8, 4) is 0 Å². The van der Waals surface area contributed by atoms with Crippen LogP contribution in [0.5, 0.6) is 0 Å². The molecule has 0 spiro atoms. The summed E-state index contributed by atoms with van der Waals surface area (Å²) >= 11 is 0. The summed E-state index contributed by atoms with van der Waals surface area (Å²) in [5.41, 5.74) is 1.56. The third-order valence-corrected chi connectivity index (χ3v) is 9.32. The lowest BCUT2D eigenvalue weighted by molar-refractivity contribution is -0.941. The monoisotopic (exact) mass is 557 g/mol. The Morgan fingerprint density at radius 3 is 0.925 bits per heavy atom. The summed E-state index contributed by atoms with van der Waals surface area (Å²) in [4.78, 5) is 0. The Bertz CT molecular complexity index is 588. The highest BCUT2D eigenvalue weighted by molar-refractivity contribution is 5.13. The van der Waals surface area contributed by atoms with Crippen LogP contribution in [0.15, 0.2) is 30.3 Å². The molecule has 1 rings (SSSR count). The average molecular weight is 557 g/mol. The lowest BCUT2D eigenvalue weighted by atomic mass is 10.0. The quantitative estimate of drug-likeness (QED) is 0.0630. The van der Waals surface area contributed by atoms with Crippen LogP contribution in [0.4, 0.5) is 0 Å². The van der Waals surface area contributed by atoms with E-state index in [0.29, 0.717) is 0 Å². The molecule has 0 aromatic heterocycles. The first-order valence-corrected chi connectivity index (χ1v) is 18.7. The van der Waals surface area contributed by atoms with E-state index in [9.17, 15) is 0 Å². The van der Waals surface area contributed by atoms with Gasteiger partial charge in [-0.05, 0) is 38.5 Å². The van der Waals surface area contributed by atoms with Crippen LogP contribution in [0.3, 0.4) is 0 Å². The minimum absolute atomic E-state index is 1.26. The van der Waals surface area contributed by atoms with Crippen molar-refractivity contribution in [2.75, 3.05) is 19.6 Å². The molecule has 0 saturated carbocycles. The number of quaternary nitrogens is 1. The van der Waals surface area contributed by atoms with Gasteiger partial charge in [0.25, 0.3) is 0 Å². The minimum Gasteiger partial charge on any atom is -0.320 e. The number of hydrogen-bond acceptors (Lipinski definition) is 0. The fraction of sp³-hybridized carbons (Fsp3) is 0.846. The molecule has 40 heavy (non-hydrogen) atoms. The molecule has 0 bridgehead atoms. The van der Waals surface area contributed by atoms with Crippen LogP contribution in [-0.4, -0.2) is 24.1 Å². The number of nitrogens with zero attached hydrogens (tertiary/aromatic N) is 1. The van der Waals surface area contributed by atoms with Crippen LogP contribution in [0, 0.1) is 0 Å². The van der Waals surface area contributed by atoms with Crippen molar-refractivity contribution in [2.45, 2.75) is 194 Å². The molecule has 234 valence electrons. The van der Waals surface area contributed by atoms with Crippen molar-refractivity contribution in [1.82, 2.24) is 0 Å². The molecule has 0 fully saturated rings. The lowest BCUT2D eigenvalue weighted by Crippen LogP contribution is -2.49. The average Bonchev–Trinajstić information content (AvgIpc) is 2.97. The summed E-state index contributed by atoms with van der Waals surface area (Å²) in [6.07, 6.45) is 37.3. The third-order valence-electron chi connectivity index (χ3n) is 9.32. The van der Waals surface area contributed by atoms with Crippen LogP contribution < -0.4 is 0 Å². The molecule has 0 atom stereocenters. The second-order valence-electron chi connectivity index (χ2n) is 13.3. The molecule has 1 aromatic carbocycles. The second-order valence-corrected chi connectivity index (χ2v) is 13.3. The van der Waals surface area contributed by atoms with E-state index in [2.05, 4.69) is 51.1 Å². The fourth-order valence-electron chi connectivity index (χ4n) is 6.64. The Morgan fingerprint density at radius 1 is 0.350 bits per heavy atom. The normalized spacial score (nSPS) is 11.9. The van der Waals surface area contributed by atoms with Crippen molar-refractivity contribution in [2.24, 2.45) is 0 Å². The Hall–Kier alpha value is -0.820. The summed E-state index contributed by atoms with van der Waals surface area (Å²) < 4.78 is 1.35. The van der Waals surface area contributed by atoms with Gasteiger partial charge in [-0.1, -0.05) is 180 Å². The lowest BCUT2D eigenvalue weighted by Gasteiger charge is -2.39. The highest BCUT2D eigenvalue weighted by atomic mass is 15.3. The van der Waals surface area contributed by atoms with E-state index >= 15 is 0 Å². The van der Waals surface area contributed by atoms with Crippen molar-refractivity contribution >= 4 is 0 Å². The SMILES string of the molecule is CCCCCCCCCCCC[N+](CCCCCCCCCC)(CCCCCCCCCC)Cc1ccccc1. The van der Waals surface area contributed by atoms with E-state index in [1.165, 1.54) is 198 Å². The standard InChI is InChI=1S/C39H74N/c1-4-7-10-13-16-19-20-23-26-32-37-40(38-39-33-28-27-29-34-39,35-30-24-21-17-14-11-8-5-2)36-31-25-22-18-15-12-9-6-3/h27-29,33-34H,4-26,30-32,35-38H2,1-3H3/q+1. The van der Waals surface area contributed by atoms with Gasteiger partial charge in [-0.25, -0.2) is 0 Å². The molecule has 1 aromatic rings. The van der Waals surface area contributed by atoms with E-state index < -0.39 is 0 Å². The summed E-state index contributed by atoms with van der Waals surface area (Å²) in [7, 11) is 0. The van der Waals surface area contributed by atoms with Gasteiger partial charge >= 0.3 is 0 Å². The third kappa shape index (κ3) is 21.9. The van der Waals surface area contributed by atoms with E-state index in [0.717, 1.165) is 0 Å². The fourth-order valence-corrected chi connectivity index (χ4v) is 6.64. The number of benzene rings is 1. The molecule has 0 aliphatic heterocycles. The Labute approximate surface area is 253 Å². The minimum atomic E-state index is 1.26. The summed E-state index contributed by atoms with van der Waals surface area (Å²) in [5, 5.41) is 0. The second kappa shape index (κ2) is 28.3. The molecule has 1 nitrogen and oxygen atoms in total. The molecule has 1 heteroatoms. The first-order valence-electron chi connectivity index (χ1n) is 18.7. The molecule has 0 heterocycles. The molecule has 0 amide bonds. The summed E-state index contributed by atoms with van der Waals surface area (Å²) in [5.74, 6) is 0. The molecule has 0 unspecified atom stereocenters. The maximum absolute atomic E-state index is 2.40. The largest absolute Gasteiger partial charge is 0.320 e. The predicted molar refractivity (Wildman–Crippen MR) is 182 cm³/mol. The molecular formula is C39H74N+. The van der Waals surface area contributed by atoms with Crippen LogP contribution in [0.1, 0.15) is 193 Å². The Balaban J connectivity index is 2.60. The van der Waals surface area contributed by atoms with Crippen molar-refractivity contribution in [3.63, 3.8) is 0 Å². The molecule has 0 aliphatic carbocycles. The molecule has 0 aliphatic rings. The maximum Gasteiger partial charge on any atom is 0.104 e. The predicted octanol–water partition coefficient (Wildman–Crippen LogP) is 13.2. The number of hydrogen-bond donors (Lipinski definition) is 0. The van der Waals surface area contributed by atoms with E-state index in [4.69, 9.17) is 0 Å². The molecular weight excluding hydrogens is 482 g/mol. The van der Waals surface area contributed by atoms with Gasteiger partial charge in [0, 0.05) is 5.56 Å². The van der Waals surface area contributed by atoms with Crippen LogP contribution in [-0.2, 0) is 6.54 Å². The highest BCUT2D eigenvalue weighted by Crippen LogP contribution is 2.23. The van der Waals surface area contributed by atoms with Gasteiger partial charge in [-0.15, -0.1) is 0 Å².